The fourth-order valence-corrected chi connectivity index (χ4v) is 3.29. The fraction of sp³-hybridized carbons (Fsp3) is 1.00. The van der Waals surface area contributed by atoms with E-state index in [0.29, 0.717) is 14.2 Å². The highest BCUT2D eigenvalue weighted by Crippen LogP contribution is 2.56. The van der Waals surface area contributed by atoms with E-state index in [4.69, 9.17) is 0 Å². The summed E-state index contributed by atoms with van der Waals surface area (Å²) in [5, 5.41) is 0. The molecule has 0 aromatic heterocycles. The summed E-state index contributed by atoms with van der Waals surface area (Å²) in [6.45, 7) is 0.979. The smallest absolute Gasteiger partial charge is 0.377 e. The zero-order chi connectivity index (χ0) is 17.3. The molecule has 0 rings (SSSR count). The van der Waals surface area contributed by atoms with Gasteiger partial charge in [0.25, 0.3) is 0 Å². The van der Waals surface area contributed by atoms with Crippen LogP contribution in [0.1, 0.15) is 6.92 Å². The van der Waals surface area contributed by atoms with Crippen LogP contribution in [0.3, 0.4) is 0 Å². The van der Waals surface area contributed by atoms with Gasteiger partial charge in [0.15, 0.2) is 0 Å². The van der Waals surface area contributed by atoms with E-state index in [9.17, 15) is 39.5 Å². The molecule has 0 unspecified atom stereocenters. The fourth-order valence-electron chi connectivity index (χ4n) is 1.42. The summed E-state index contributed by atoms with van der Waals surface area (Å²) in [5.74, 6) is 0. The molecule has 0 aromatic rings. The van der Waals surface area contributed by atoms with Crippen molar-refractivity contribution < 1.29 is 52.8 Å². The largest absolute Gasteiger partial charge is 0.501 e. The predicted molar refractivity (Wildman–Crippen MR) is 52.2 cm³/mol. The van der Waals surface area contributed by atoms with Crippen molar-refractivity contribution in [2.45, 2.75) is 37.1 Å². The Morgan fingerprint density at radius 3 is 1.14 bits per heavy atom. The second-order valence-electron chi connectivity index (χ2n) is 3.72. The number of rotatable bonds is 5. The van der Waals surface area contributed by atoms with Gasteiger partial charge in [-0.3, -0.25) is 0 Å². The molecule has 128 valence electrons. The van der Waals surface area contributed by atoms with Gasteiger partial charge in [0.1, 0.15) is 0 Å². The minimum atomic E-state index is -6.81. The Kier molecular flexibility index (Phi) is 5.78. The molecule has 0 aromatic carbocycles. The van der Waals surface area contributed by atoms with Crippen LogP contribution in [-0.2, 0) is 13.3 Å². The first kappa shape index (κ1) is 20.5. The molecular formula is C8H11F9O3Si. The average molecular weight is 354 g/mol. The van der Waals surface area contributed by atoms with Crippen molar-refractivity contribution in [1.29, 1.82) is 0 Å². The third-order valence-corrected chi connectivity index (χ3v) is 5.29. The maximum atomic E-state index is 12.7. The van der Waals surface area contributed by atoms with E-state index in [0.717, 1.165) is 6.92 Å². The lowest BCUT2D eigenvalue weighted by Gasteiger charge is -2.42. The molecule has 0 saturated carbocycles. The van der Waals surface area contributed by atoms with Crippen molar-refractivity contribution in [3.63, 3.8) is 0 Å². The van der Waals surface area contributed by atoms with Crippen molar-refractivity contribution in [2.24, 2.45) is 0 Å². The van der Waals surface area contributed by atoms with Gasteiger partial charge in [0.2, 0.25) is 0 Å². The summed E-state index contributed by atoms with van der Waals surface area (Å²) in [5.41, 5.74) is -6.39. The molecule has 0 aliphatic carbocycles. The summed E-state index contributed by atoms with van der Waals surface area (Å²) in [6, 6.07) is -0.732. The van der Waals surface area contributed by atoms with Gasteiger partial charge in [-0.05, 0) is 0 Å². The SMILES string of the molecule is CC[Si](OC)(OC)OC(C(F)(F)F)(C(F)(F)F)C(F)(F)F. The molecule has 0 spiro atoms. The number of hydrogen-bond acceptors (Lipinski definition) is 3. The quantitative estimate of drug-likeness (QED) is 0.557. The second kappa shape index (κ2) is 5.93. The van der Waals surface area contributed by atoms with Gasteiger partial charge in [-0.1, -0.05) is 6.92 Å². The van der Waals surface area contributed by atoms with Crippen LogP contribution in [0.15, 0.2) is 0 Å². The lowest BCUT2D eigenvalue weighted by Crippen LogP contribution is -2.72. The van der Waals surface area contributed by atoms with E-state index in [-0.39, 0.29) is 0 Å². The molecule has 0 radical (unpaired) electrons. The van der Waals surface area contributed by atoms with E-state index >= 15 is 0 Å². The summed E-state index contributed by atoms with van der Waals surface area (Å²) >= 11 is 0. The third-order valence-electron chi connectivity index (χ3n) is 2.56. The van der Waals surface area contributed by atoms with E-state index in [1.165, 1.54) is 0 Å². The first-order valence-electron chi connectivity index (χ1n) is 5.14. The molecule has 0 amide bonds. The molecule has 0 bridgehead atoms. The number of alkyl halides is 9. The highest BCUT2D eigenvalue weighted by Gasteiger charge is 2.87. The highest BCUT2D eigenvalue weighted by atomic mass is 28.4. The topological polar surface area (TPSA) is 27.7 Å². The Morgan fingerprint density at radius 1 is 0.714 bits per heavy atom. The van der Waals surface area contributed by atoms with Crippen LogP contribution in [0.25, 0.3) is 0 Å². The predicted octanol–water partition coefficient (Wildman–Crippen LogP) is 3.68. The Bertz CT molecular complexity index is 300. The zero-order valence-corrected chi connectivity index (χ0v) is 11.8. The summed E-state index contributed by atoms with van der Waals surface area (Å²) in [6.07, 6.45) is -20.4. The van der Waals surface area contributed by atoms with Crippen molar-refractivity contribution in [1.82, 2.24) is 0 Å². The standard InChI is InChI=1S/C8H11F9O3Si/c1-4-21(18-2,19-3)20-5(6(9,10)11,7(12,13)14)8(15,16)17/h4H2,1-3H3. The lowest BCUT2D eigenvalue weighted by atomic mass is 10.0. The first-order valence-corrected chi connectivity index (χ1v) is 7.08. The molecular weight excluding hydrogens is 343 g/mol. The van der Waals surface area contributed by atoms with Crippen molar-refractivity contribution in [3.8, 4) is 0 Å². The summed E-state index contributed by atoms with van der Waals surface area (Å²) in [4.78, 5) is 0. The molecule has 0 fully saturated rings. The normalized spacial score (nSPS) is 15.4. The molecule has 13 heteroatoms. The van der Waals surface area contributed by atoms with Crippen LogP contribution in [0.2, 0.25) is 6.04 Å². The van der Waals surface area contributed by atoms with Gasteiger partial charge in [0, 0.05) is 20.3 Å². The van der Waals surface area contributed by atoms with Crippen molar-refractivity contribution in [3.05, 3.63) is 0 Å². The number of hydrogen-bond donors (Lipinski definition) is 0. The first-order chi connectivity index (χ1) is 9.14. The Morgan fingerprint density at radius 2 is 1.00 bits per heavy atom. The Labute approximate surface area is 114 Å². The van der Waals surface area contributed by atoms with Crippen LogP contribution < -0.4 is 0 Å². The number of halogens is 9. The van der Waals surface area contributed by atoms with Gasteiger partial charge >= 0.3 is 32.9 Å². The van der Waals surface area contributed by atoms with E-state index < -0.39 is 39.0 Å². The minimum absolute atomic E-state index is 0.604. The zero-order valence-electron chi connectivity index (χ0n) is 10.8. The molecule has 0 heterocycles. The van der Waals surface area contributed by atoms with E-state index in [1.807, 2.05) is 0 Å². The highest BCUT2D eigenvalue weighted by molar-refractivity contribution is 6.60. The van der Waals surface area contributed by atoms with Crippen LogP contribution >= 0.6 is 0 Å². The monoisotopic (exact) mass is 354 g/mol. The Balaban J connectivity index is 6.31. The van der Waals surface area contributed by atoms with Crippen LogP contribution in [0.5, 0.6) is 0 Å². The molecule has 3 nitrogen and oxygen atoms in total. The minimum Gasteiger partial charge on any atom is -0.377 e. The summed E-state index contributed by atoms with van der Waals surface area (Å²) in [7, 11) is -3.63. The van der Waals surface area contributed by atoms with Gasteiger partial charge in [-0.25, -0.2) is 0 Å². The van der Waals surface area contributed by atoms with Crippen molar-refractivity contribution >= 4 is 8.80 Å². The van der Waals surface area contributed by atoms with Crippen LogP contribution in [0, 0.1) is 0 Å². The maximum absolute atomic E-state index is 12.7. The lowest BCUT2D eigenvalue weighted by molar-refractivity contribution is -0.444. The van der Waals surface area contributed by atoms with E-state index in [2.05, 4.69) is 13.3 Å². The maximum Gasteiger partial charge on any atom is 0.501 e. The molecule has 21 heavy (non-hydrogen) atoms. The third kappa shape index (κ3) is 3.45. The van der Waals surface area contributed by atoms with Gasteiger partial charge in [0.05, 0.1) is 0 Å². The van der Waals surface area contributed by atoms with E-state index in [1.54, 1.807) is 0 Å². The molecule has 0 atom stereocenters. The molecule has 0 aliphatic heterocycles. The van der Waals surface area contributed by atoms with Gasteiger partial charge in [-0.2, -0.15) is 39.5 Å². The van der Waals surface area contributed by atoms with Gasteiger partial charge < -0.3 is 13.3 Å². The molecule has 0 aliphatic rings. The second-order valence-corrected chi connectivity index (χ2v) is 6.82. The van der Waals surface area contributed by atoms with Gasteiger partial charge in [-0.15, -0.1) is 0 Å². The van der Waals surface area contributed by atoms with Crippen LogP contribution in [0.4, 0.5) is 39.5 Å². The van der Waals surface area contributed by atoms with Crippen molar-refractivity contribution in [2.75, 3.05) is 14.2 Å². The summed E-state index contributed by atoms with van der Waals surface area (Å²) < 4.78 is 126. The molecule has 0 saturated heterocycles. The average Bonchev–Trinajstić information content (AvgIpc) is 2.26. The van der Waals surface area contributed by atoms with Crippen LogP contribution in [-0.4, -0.2) is 47.2 Å². The Hall–Kier alpha value is -0.533. The molecule has 0 N–H and O–H groups in total.